The van der Waals surface area contributed by atoms with E-state index in [-0.39, 0.29) is 17.3 Å². The van der Waals surface area contributed by atoms with Crippen molar-refractivity contribution < 1.29 is 17.9 Å². The molecule has 0 atom stereocenters. The molecule has 0 aliphatic carbocycles. The summed E-state index contributed by atoms with van der Waals surface area (Å²) in [6.45, 7) is 3.42. The molecule has 0 radical (unpaired) electrons. The molecule has 2 aliphatic rings. The highest BCUT2D eigenvalue weighted by Gasteiger charge is 2.27. The van der Waals surface area contributed by atoms with Crippen molar-refractivity contribution >= 4 is 45.0 Å². The molecule has 26 heavy (non-hydrogen) atoms. The van der Waals surface area contributed by atoms with E-state index in [4.69, 9.17) is 16.3 Å². The van der Waals surface area contributed by atoms with E-state index in [0.717, 1.165) is 24.6 Å². The summed E-state index contributed by atoms with van der Waals surface area (Å²) >= 11 is 8.03. The van der Waals surface area contributed by atoms with Crippen molar-refractivity contribution in [2.75, 3.05) is 62.8 Å². The van der Waals surface area contributed by atoms with Crippen LogP contribution in [0.4, 0.5) is 5.69 Å². The average Bonchev–Trinajstić information content (AvgIpc) is 2.65. The highest BCUT2D eigenvalue weighted by atomic mass is 35.5. The van der Waals surface area contributed by atoms with Gasteiger partial charge in [-0.3, -0.25) is 9.69 Å². The summed E-state index contributed by atoms with van der Waals surface area (Å²) in [5.41, 5.74) is 0.317. The van der Waals surface area contributed by atoms with Crippen LogP contribution in [-0.4, -0.2) is 81.0 Å². The third-order valence-corrected chi connectivity index (χ3v) is 7.46. The minimum Gasteiger partial charge on any atom is -0.379 e. The largest absolute Gasteiger partial charge is 0.379 e. The molecule has 2 saturated heterocycles. The fourth-order valence-electron chi connectivity index (χ4n) is 2.85. The number of amides is 1. The average molecular weight is 420 g/mol. The van der Waals surface area contributed by atoms with Crippen molar-refractivity contribution in [3.63, 3.8) is 0 Å². The van der Waals surface area contributed by atoms with Crippen molar-refractivity contribution in [1.82, 2.24) is 9.21 Å². The monoisotopic (exact) mass is 419 g/mol. The van der Waals surface area contributed by atoms with Crippen molar-refractivity contribution in [2.24, 2.45) is 0 Å². The normalized spacial score (nSPS) is 20.0. The first-order valence-electron chi connectivity index (χ1n) is 8.44. The minimum absolute atomic E-state index is 0.119. The van der Waals surface area contributed by atoms with Crippen molar-refractivity contribution in [1.29, 1.82) is 0 Å². The van der Waals surface area contributed by atoms with E-state index in [2.05, 4.69) is 10.2 Å². The SMILES string of the molecule is O=C(CN1CCSCC1)Nc1cc(S(=O)(=O)N2CCOCC2)ccc1Cl. The van der Waals surface area contributed by atoms with Crippen LogP contribution < -0.4 is 5.32 Å². The van der Waals surface area contributed by atoms with E-state index in [0.29, 0.717) is 37.0 Å². The van der Waals surface area contributed by atoms with Crippen molar-refractivity contribution in [3.05, 3.63) is 23.2 Å². The Morgan fingerprint density at radius 1 is 1.19 bits per heavy atom. The molecule has 7 nitrogen and oxygen atoms in total. The number of hydrogen-bond acceptors (Lipinski definition) is 6. The Bertz CT molecular complexity index is 748. The number of carbonyl (C=O) groups is 1. The molecule has 1 N–H and O–H groups in total. The molecule has 10 heteroatoms. The topological polar surface area (TPSA) is 79.0 Å². The fraction of sp³-hybridized carbons (Fsp3) is 0.562. The third kappa shape index (κ3) is 4.90. The number of rotatable bonds is 5. The molecular weight excluding hydrogens is 398 g/mol. The Morgan fingerprint density at radius 2 is 1.88 bits per heavy atom. The second-order valence-electron chi connectivity index (χ2n) is 6.09. The molecule has 144 valence electrons. The Balaban J connectivity index is 1.71. The number of ether oxygens (including phenoxy) is 1. The van der Waals surface area contributed by atoms with Gasteiger partial charge in [0.2, 0.25) is 15.9 Å². The molecule has 0 aromatic heterocycles. The highest BCUT2D eigenvalue weighted by molar-refractivity contribution is 7.99. The minimum atomic E-state index is -3.63. The van der Waals surface area contributed by atoms with Crippen LogP contribution in [0.25, 0.3) is 0 Å². The summed E-state index contributed by atoms with van der Waals surface area (Å²) in [6.07, 6.45) is 0. The second kappa shape index (κ2) is 8.90. The molecule has 3 rings (SSSR count). The van der Waals surface area contributed by atoms with Crippen LogP contribution in [-0.2, 0) is 19.6 Å². The maximum Gasteiger partial charge on any atom is 0.243 e. The quantitative estimate of drug-likeness (QED) is 0.776. The van der Waals surface area contributed by atoms with Crippen LogP contribution in [0.15, 0.2) is 23.1 Å². The van der Waals surface area contributed by atoms with Gasteiger partial charge >= 0.3 is 0 Å². The number of sulfonamides is 1. The lowest BCUT2D eigenvalue weighted by molar-refractivity contribution is -0.117. The summed E-state index contributed by atoms with van der Waals surface area (Å²) in [4.78, 5) is 14.5. The molecule has 0 saturated carbocycles. The lowest BCUT2D eigenvalue weighted by Crippen LogP contribution is -2.40. The summed E-state index contributed by atoms with van der Waals surface area (Å²) in [7, 11) is -3.63. The first kappa shape index (κ1) is 19.9. The van der Waals surface area contributed by atoms with E-state index in [1.165, 1.54) is 22.5 Å². The zero-order chi connectivity index (χ0) is 18.6. The molecule has 1 aromatic carbocycles. The van der Waals surface area contributed by atoms with Crippen molar-refractivity contribution in [2.45, 2.75) is 4.90 Å². The molecule has 0 bridgehead atoms. The molecule has 2 fully saturated rings. The molecular formula is C16H22ClN3O4S2. The first-order chi connectivity index (χ1) is 12.5. The zero-order valence-electron chi connectivity index (χ0n) is 14.3. The number of nitrogens with one attached hydrogen (secondary N) is 1. The number of hydrogen-bond donors (Lipinski definition) is 1. The van der Waals surface area contributed by atoms with Gasteiger partial charge in [0, 0.05) is 37.7 Å². The van der Waals surface area contributed by atoms with E-state index in [9.17, 15) is 13.2 Å². The molecule has 2 heterocycles. The standard InChI is InChI=1S/C16H22ClN3O4S2/c17-14-2-1-13(26(22,23)20-3-7-24-8-4-20)11-15(14)18-16(21)12-19-5-9-25-10-6-19/h1-2,11H,3-10,12H2,(H,18,21). The number of nitrogens with zero attached hydrogens (tertiary/aromatic N) is 2. The van der Waals surface area contributed by atoms with Crippen molar-refractivity contribution in [3.8, 4) is 0 Å². The zero-order valence-corrected chi connectivity index (χ0v) is 16.7. The number of carbonyl (C=O) groups excluding carboxylic acids is 1. The van der Waals surface area contributed by atoms with Crippen LogP contribution in [0.3, 0.4) is 0 Å². The molecule has 0 spiro atoms. The van der Waals surface area contributed by atoms with Gasteiger partial charge in [-0.1, -0.05) is 11.6 Å². The lowest BCUT2D eigenvalue weighted by Gasteiger charge is -2.26. The lowest BCUT2D eigenvalue weighted by atomic mass is 10.3. The van der Waals surface area contributed by atoms with Crippen LogP contribution in [0, 0.1) is 0 Å². The predicted molar refractivity (Wildman–Crippen MR) is 103 cm³/mol. The Hall–Kier alpha value is -0.840. The highest BCUT2D eigenvalue weighted by Crippen LogP contribution is 2.27. The Labute approximate surface area is 163 Å². The van der Waals surface area contributed by atoms with Gasteiger partial charge < -0.3 is 10.1 Å². The number of thioether (sulfide) groups is 1. The van der Waals surface area contributed by atoms with Crippen LogP contribution in [0.1, 0.15) is 0 Å². The number of morpholine rings is 1. The maximum absolute atomic E-state index is 12.8. The van der Waals surface area contributed by atoms with E-state index in [1.54, 1.807) is 0 Å². The van der Waals surface area contributed by atoms with Crippen LogP contribution >= 0.6 is 23.4 Å². The second-order valence-corrected chi connectivity index (χ2v) is 9.66. The van der Waals surface area contributed by atoms with Gasteiger partial charge in [0.1, 0.15) is 0 Å². The summed E-state index contributed by atoms with van der Waals surface area (Å²) in [5.74, 6) is 1.84. The van der Waals surface area contributed by atoms with Crippen LogP contribution in [0.5, 0.6) is 0 Å². The van der Waals surface area contributed by atoms with E-state index >= 15 is 0 Å². The van der Waals surface area contributed by atoms with E-state index in [1.807, 2.05) is 11.8 Å². The molecule has 2 aliphatic heterocycles. The number of halogens is 1. The number of anilines is 1. The number of benzene rings is 1. The molecule has 0 unspecified atom stereocenters. The summed E-state index contributed by atoms with van der Waals surface area (Å²) in [6, 6.07) is 4.39. The van der Waals surface area contributed by atoms with Gasteiger partial charge in [-0.15, -0.1) is 0 Å². The summed E-state index contributed by atoms with van der Waals surface area (Å²) < 4.78 is 32.1. The Kier molecular flexibility index (Phi) is 6.81. The molecule has 1 aromatic rings. The predicted octanol–water partition coefficient (Wildman–Crippen LogP) is 1.35. The Morgan fingerprint density at radius 3 is 2.58 bits per heavy atom. The van der Waals surface area contributed by atoms with Gasteiger partial charge in [-0.25, -0.2) is 8.42 Å². The van der Waals surface area contributed by atoms with Crippen LogP contribution in [0.2, 0.25) is 5.02 Å². The van der Waals surface area contributed by atoms with Gasteiger partial charge in [0.25, 0.3) is 0 Å². The smallest absolute Gasteiger partial charge is 0.243 e. The summed E-state index contributed by atoms with van der Waals surface area (Å²) in [5, 5.41) is 3.06. The van der Waals surface area contributed by atoms with Gasteiger partial charge in [0.15, 0.2) is 0 Å². The van der Waals surface area contributed by atoms with Gasteiger partial charge in [-0.2, -0.15) is 16.1 Å². The first-order valence-corrected chi connectivity index (χ1v) is 11.4. The third-order valence-electron chi connectivity index (χ3n) is 4.29. The fourth-order valence-corrected chi connectivity index (χ4v) is 5.43. The maximum atomic E-state index is 12.8. The molecule has 1 amide bonds. The van der Waals surface area contributed by atoms with Gasteiger partial charge in [0.05, 0.1) is 35.4 Å². The van der Waals surface area contributed by atoms with E-state index < -0.39 is 10.0 Å². The van der Waals surface area contributed by atoms with Gasteiger partial charge in [-0.05, 0) is 18.2 Å².